The summed E-state index contributed by atoms with van der Waals surface area (Å²) in [4.78, 5) is 21.6. The number of piperazine rings is 1. The van der Waals surface area contributed by atoms with Crippen LogP contribution in [0.2, 0.25) is 5.02 Å². The van der Waals surface area contributed by atoms with Gasteiger partial charge in [0.2, 0.25) is 5.91 Å². The lowest BCUT2D eigenvalue weighted by molar-refractivity contribution is -0.123. The van der Waals surface area contributed by atoms with Gasteiger partial charge in [0.1, 0.15) is 5.82 Å². The average molecular weight is 475 g/mol. The number of ether oxygens (including phenoxy) is 2. The van der Waals surface area contributed by atoms with E-state index in [1.807, 2.05) is 12.1 Å². The molecule has 4 heterocycles. The summed E-state index contributed by atoms with van der Waals surface area (Å²) in [5.41, 5.74) is 0.642. The van der Waals surface area contributed by atoms with E-state index in [1.54, 1.807) is 6.20 Å². The van der Waals surface area contributed by atoms with E-state index < -0.39 is 6.10 Å². The molecule has 0 spiro atoms. The van der Waals surface area contributed by atoms with Crippen LogP contribution in [-0.2, 0) is 14.3 Å². The van der Waals surface area contributed by atoms with Crippen LogP contribution in [0.5, 0.6) is 0 Å². The van der Waals surface area contributed by atoms with Gasteiger partial charge in [-0.2, -0.15) is 0 Å². The Hall–Kier alpha value is -1.97. The Morgan fingerprint density at radius 2 is 2.00 bits per heavy atom. The van der Waals surface area contributed by atoms with E-state index in [0.29, 0.717) is 30.7 Å². The largest absolute Gasteiger partial charge is 0.389 e. The van der Waals surface area contributed by atoms with E-state index in [4.69, 9.17) is 21.1 Å². The van der Waals surface area contributed by atoms with Gasteiger partial charge in [0.15, 0.2) is 0 Å². The summed E-state index contributed by atoms with van der Waals surface area (Å²) in [6.45, 7) is 7.49. The molecule has 8 nitrogen and oxygen atoms in total. The second-order valence-corrected chi connectivity index (χ2v) is 9.89. The van der Waals surface area contributed by atoms with Crippen molar-refractivity contribution >= 4 is 39.8 Å². The number of aliphatic hydroxyl groups excluding tert-OH is 1. The highest BCUT2D eigenvalue weighted by molar-refractivity contribution is 6.34. The molecule has 1 aromatic heterocycles. The third kappa shape index (κ3) is 4.55. The molecule has 0 radical (unpaired) electrons. The van der Waals surface area contributed by atoms with Crippen molar-refractivity contribution in [3.63, 3.8) is 0 Å². The quantitative estimate of drug-likeness (QED) is 0.704. The van der Waals surface area contributed by atoms with Gasteiger partial charge in [-0.1, -0.05) is 11.6 Å². The number of nitrogens with zero attached hydrogens (tertiary/aromatic N) is 3. The molecule has 1 aromatic carbocycles. The summed E-state index contributed by atoms with van der Waals surface area (Å²) in [7, 11) is 0. The van der Waals surface area contributed by atoms with Crippen molar-refractivity contribution in [2.45, 2.75) is 31.4 Å². The lowest BCUT2D eigenvalue weighted by atomic mass is 9.95. The third-order valence-electron chi connectivity index (χ3n) is 7.30. The van der Waals surface area contributed by atoms with Crippen molar-refractivity contribution in [3.05, 3.63) is 29.4 Å². The minimum atomic E-state index is -0.463. The lowest BCUT2D eigenvalue weighted by Crippen LogP contribution is -2.60. The number of carbonyl (C=O) groups is 1. The normalized spacial score (nSPS) is 28.9. The summed E-state index contributed by atoms with van der Waals surface area (Å²) in [6.07, 6.45) is 3.03. The van der Waals surface area contributed by atoms with Crippen molar-refractivity contribution in [2.24, 2.45) is 5.92 Å². The van der Waals surface area contributed by atoms with Gasteiger partial charge in [0.25, 0.3) is 0 Å². The Balaban J connectivity index is 1.30. The molecule has 3 aliphatic rings. The van der Waals surface area contributed by atoms with Crippen molar-refractivity contribution in [3.8, 4) is 0 Å². The molecule has 0 saturated carbocycles. The third-order valence-corrected chi connectivity index (χ3v) is 7.60. The molecule has 33 heavy (non-hydrogen) atoms. The number of nitrogens with one attached hydrogen (secondary N) is 1. The van der Waals surface area contributed by atoms with Gasteiger partial charge in [0, 0.05) is 44.4 Å². The molecule has 0 unspecified atom stereocenters. The number of aromatic nitrogens is 1. The number of amides is 1. The number of aliphatic hydroxyl groups is 1. The molecule has 1 amide bonds. The molecule has 5 rings (SSSR count). The number of rotatable bonds is 4. The first-order chi connectivity index (χ1) is 15.9. The fourth-order valence-electron chi connectivity index (χ4n) is 5.05. The minimum Gasteiger partial charge on any atom is -0.389 e. The standard InChI is InChI=1S/C24H31ClN4O4/c1-24(15-33-14-21(24)30)29-6-4-28(5-7-29)20-10-17-11-22(26-12-18(17)9-19(20)25)27-23(31)16-3-2-8-32-13-16/h9-12,16,21,30H,2-8,13-15H2,1H3,(H,26,27,31)/t16-,21-,24+/m1/s1. The molecular weight excluding hydrogens is 444 g/mol. The average Bonchev–Trinajstić information content (AvgIpc) is 3.18. The minimum absolute atomic E-state index is 0.0431. The molecule has 9 heteroatoms. The zero-order valence-corrected chi connectivity index (χ0v) is 19.7. The Labute approximate surface area is 198 Å². The lowest BCUT2D eigenvalue weighted by Gasteiger charge is -2.45. The molecular formula is C24H31ClN4O4. The second-order valence-electron chi connectivity index (χ2n) is 9.49. The second kappa shape index (κ2) is 9.35. The molecule has 178 valence electrons. The first kappa shape index (κ1) is 22.8. The van der Waals surface area contributed by atoms with Crippen molar-refractivity contribution in [1.29, 1.82) is 0 Å². The maximum atomic E-state index is 12.6. The van der Waals surface area contributed by atoms with Gasteiger partial charge in [-0.25, -0.2) is 4.98 Å². The summed E-state index contributed by atoms with van der Waals surface area (Å²) in [5, 5.41) is 15.9. The predicted molar refractivity (Wildman–Crippen MR) is 128 cm³/mol. The number of halogens is 1. The van der Waals surface area contributed by atoms with Crippen LogP contribution < -0.4 is 10.2 Å². The SMILES string of the molecule is C[C@]1(N2CCN(c3cc4cc(NC(=O)[C@@H]5CCCOC5)ncc4cc3Cl)CC2)COC[C@H]1O. The Morgan fingerprint density at radius 3 is 2.70 bits per heavy atom. The summed E-state index contributed by atoms with van der Waals surface area (Å²) >= 11 is 6.65. The van der Waals surface area contributed by atoms with Crippen molar-refractivity contribution < 1.29 is 19.4 Å². The maximum absolute atomic E-state index is 12.6. The highest BCUT2D eigenvalue weighted by Crippen LogP contribution is 2.34. The number of benzene rings is 1. The van der Waals surface area contributed by atoms with Crippen LogP contribution in [0.15, 0.2) is 24.4 Å². The Morgan fingerprint density at radius 1 is 1.18 bits per heavy atom. The highest BCUT2D eigenvalue weighted by Gasteiger charge is 2.44. The smallest absolute Gasteiger partial charge is 0.230 e. The number of fused-ring (bicyclic) bond motifs is 1. The van der Waals surface area contributed by atoms with Crippen LogP contribution in [0.4, 0.5) is 11.5 Å². The number of pyridine rings is 1. The molecule has 2 aromatic rings. The molecule has 0 aliphatic carbocycles. The first-order valence-electron chi connectivity index (χ1n) is 11.7. The van der Waals surface area contributed by atoms with Crippen molar-refractivity contribution in [2.75, 3.05) is 62.8 Å². The van der Waals surface area contributed by atoms with Crippen LogP contribution >= 0.6 is 11.6 Å². The Bertz CT molecular complexity index is 1020. The van der Waals surface area contributed by atoms with E-state index in [1.165, 1.54) is 0 Å². The van der Waals surface area contributed by atoms with Crippen LogP contribution in [0.1, 0.15) is 19.8 Å². The molecule has 3 fully saturated rings. The van der Waals surface area contributed by atoms with Gasteiger partial charge in [-0.3, -0.25) is 9.69 Å². The predicted octanol–water partition coefficient (Wildman–Crippen LogP) is 2.53. The van der Waals surface area contributed by atoms with Gasteiger partial charge in [0.05, 0.1) is 48.1 Å². The Kier molecular flexibility index (Phi) is 6.46. The fraction of sp³-hybridized carbons (Fsp3) is 0.583. The van der Waals surface area contributed by atoms with E-state index in [9.17, 15) is 9.90 Å². The van der Waals surface area contributed by atoms with Crippen LogP contribution in [0, 0.1) is 5.92 Å². The topological polar surface area (TPSA) is 87.2 Å². The van der Waals surface area contributed by atoms with Gasteiger partial charge < -0.3 is 24.8 Å². The molecule has 2 N–H and O–H groups in total. The van der Waals surface area contributed by atoms with Gasteiger partial charge >= 0.3 is 0 Å². The number of carbonyl (C=O) groups excluding carboxylic acids is 1. The summed E-state index contributed by atoms with van der Waals surface area (Å²) in [6, 6.07) is 5.91. The van der Waals surface area contributed by atoms with Gasteiger partial charge in [-0.15, -0.1) is 0 Å². The zero-order chi connectivity index (χ0) is 23.0. The zero-order valence-electron chi connectivity index (χ0n) is 18.9. The first-order valence-corrected chi connectivity index (χ1v) is 12.1. The maximum Gasteiger partial charge on any atom is 0.230 e. The molecule has 0 bridgehead atoms. The van der Waals surface area contributed by atoms with E-state index >= 15 is 0 Å². The fourth-order valence-corrected chi connectivity index (χ4v) is 5.35. The summed E-state index contributed by atoms with van der Waals surface area (Å²) in [5.74, 6) is 0.372. The van der Waals surface area contributed by atoms with Crippen LogP contribution in [-0.4, -0.2) is 85.1 Å². The molecule has 3 atom stereocenters. The van der Waals surface area contributed by atoms with Crippen LogP contribution in [0.25, 0.3) is 10.8 Å². The molecule has 3 aliphatic heterocycles. The highest BCUT2D eigenvalue weighted by atomic mass is 35.5. The van der Waals surface area contributed by atoms with Gasteiger partial charge in [-0.05, 0) is 43.4 Å². The van der Waals surface area contributed by atoms with Crippen molar-refractivity contribution in [1.82, 2.24) is 9.88 Å². The van der Waals surface area contributed by atoms with E-state index in [2.05, 4.69) is 33.1 Å². The van der Waals surface area contributed by atoms with Crippen LogP contribution in [0.3, 0.4) is 0 Å². The van der Waals surface area contributed by atoms with E-state index in [-0.39, 0.29) is 17.4 Å². The number of anilines is 2. The number of hydrogen-bond acceptors (Lipinski definition) is 7. The monoisotopic (exact) mass is 474 g/mol. The van der Waals surface area contributed by atoms with E-state index in [0.717, 1.165) is 62.1 Å². The summed E-state index contributed by atoms with van der Waals surface area (Å²) < 4.78 is 10.9. The molecule has 3 saturated heterocycles. The number of hydrogen-bond donors (Lipinski definition) is 2.